The molecule has 156 valence electrons. The highest BCUT2D eigenvalue weighted by Crippen LogP contribution is 2.23. The van der Waals surface area contributed by atoms with Crippen molar-refractivity contribution in [1.29, 1.82) is 0 Å². The summed E-state index contributed by atoms with van der Waals surface area (Å²) in [4.78, 5) is 13.1. The zero-order valence-electron chi connectivity index (χ0n) is 17.0. The third-order valence-corrected chi connectivity index (χ3v) is 6.41. The quantitative estimate of drug-likeness (QED) is 0.520. The van der Waals surface area contributed by atoms with Crippen LogP contribution < -0.4 is 9.46 Å². The topological polar surface area (TPSA) is 72.5 Å². The molecule has 1 atom stereocenters. The molecule has 0 spiro atoms. The smallest absolute Gasteiger partial charge is 0.240 e. The number of nitrogens with one attached hydrogen (secondary N) is 1. The average Bonchev–Trinajstić information content (AvgIpc) is 2.77. The van der Waals surface area contributed by atoms with Crippen molar-refractivity contribution < 1.29 is 17.9 Å². The molecular weight excluding hydrogens is 398 g/mol. The maximum Gasteiger partial charge on any atom is 0.240 e. The van der Waals surface area contributed by atoms with Crippen LogP contribution in [0.5, 0.6) is 5.75 Å². The fourth-order valence-corrected chi connectivity index (χ4v) is 4.24. The summed E-state index contributed by atoms with van der Waals surface area (Å²) in [7, 11) is -2.10. The van der Waals surface area contributed by atoms with Crippen LogP contribution in [0.3, 0.4) is 0 Å². The van der Waals surface area contributed by atoms with Gasteiger partial charge in [0.25, 0.3) is 0 Å². The fraction of sp³-hybridized carbons (Fsp3) is 0.208. The second kappa shape index (κ2) is 9.69. The van der Waals surface area contributed by atoms with Gasteiger partial charge in [0.05, 0.1) is 12.0 Å². The Balaban J connectivity index is 1.77. The Kier molecular flexibility index (Phi) is 7.03. The first-order valence-electron chi connectivity index (χ1n) is 9.67. The van der Waals surface area contributed by atoms with E-state index in [4.69, 9.17) is 4.74 Å². The summed E-state index contributed by atoms with van der Waals surface area (Å²) in [6.45, 7) is 2.03. The van der Waals surface area contributed by atoms with E-state index >= 15 is 0 Å². The molecule has 1 unspecified atom stereocenters. The molecule has 0 amide bonds. The lowest BCUT2D eigenvalue weighted by atomic mass is 9.92. The molecule has 0 bridgehead atoms. The van der Waals surface area contributed by atoms with E-state index < -0.39 is 10.0 Å². The molecule has 0 fully saturated rings. The van der Waals surface area contributed by atoms with Crippen LogP contribution >= 0.6 is 0 Å². The van der Waals surface area contributed by atoms with Crippen molar-refractivity contribution >= 4 is 15.8 Å². The molecule has 3 aromatic carbocycles. The van der Waals surface area contributed by atoms with Crippen LogP contribution in [0.2, 0.25) is 0 Å². The van der Waals surface area contributed by atoms with Gasteiger partial charge in [-0.15, -0.1) is 0 Å². The van der Waals surface area contributed by atoms with Crippen molar-refractivity contribution in [2.75, 3.05) is 13.7 Å². The maximum absolute atomic E-state index is 12.8. The van der Waals surface area contributed by atoms with Gasteiger partial charge in [0.2, 0.25) is 10.0 Å². The third kappa shape index (κ3) is 5.55. The molecule has 0 aromatic heterocycles. The lowest BCUT2D eigenvalue weighted by molar-refractivity contribution is 0.0973. The largest absolute Gasteiger partial charge is 0.497 e. The highest BCUT2D eigenvalue weighted by molar-refractivity contribution is 7.89. The van der Waals surface area contributed by atoms with Crippen molar-refractivity contribution in [2.45, 2.75) is 24.2 Å². The van der Waals surface area contributed by atoms with Crippen LogP contribution in [0.1, 0.15) is 33.8 Å². The summed E-state index contributed by atoms with van der Waals surface area (Å²) in [5.41, 5.74) is 2.46. The molecule has 5 nitrogen and oxygen atoms in total. The number of ketones is 1. The number of rotatable bonds is 9. The van der Waals surface area contributed by atoms with Gasteiger partial charge in [0, 0.05) is 24.4 Å². The van der Waals surface area contributed by atoms with Gasteiger partial charge >= 0.3 is 0 Å². The lowest BCUT2D eigenvalue weighted by Gasteiger charge is -2.18. The van der Waals surface area contributed by atoms with E-state index in [-0.39, 0.29) is 29.6 Å². The van der Waals surface area contributed by atoms with Gasteiger partial charge in [0.15, 0.2) is 5.78 Å². The van der Waals surface area contributed by atoms with Crippen LogP contribution in [0, 0.1) is 6.92 Å². The van der Waals surface area contributed by atoms with Crippen LogP contribution in [0.25, 0.3) is 0 Å². The fourth-order valence-electron chi connectivity index (χ4n) is 3.16. The van der Waals surface area contributed by atoms with E-state index in [0.29, 0.717) is 11.3 Å². The highest BCUT2D eigenvalue weighted by Gasteiger charge is 2.21. The number of ether oxygens (including phenoxy) is 1. The van der Waals surface area contributed by atoms with E-state index in [1.54, 1.807) is 55.6 Å². The summed E-state index contributed by atoms with van der Waals surface area (Å²) in [5.74, 6) is 0.332. The van der Waals surface area contributed by atoms with Crippen molar-refractivity contribution in [3.8, 4) is 5.75 Å². The molecule has 0 heterocycles. The minimum Gasteiger partial charge on any atom is -0.497 e. The van der Waals surface area contributed by atoms with E-state index in [9.17, 15) is 13.2 Å². The maximum atomic E-state index is 12.8. The molecule has 6 heteroatoms. The zero-order valence-corrected chi connectivity index (χ0v) is 17.9. The minimum atomic E-state index is -3.67. The first-order chi connectivity index (χ1) is 14.4. The molecular formula is C24H25NO4S. The molecule has 0 aliphatic rings. The Morgan fingerprint density at radius 1 is 0.933 bits per heavy atom. The first-order valence-corrected chi connectivity index (χ1v) is 11.2. The average molecular weight is 424 g/mol. The van der Waals surface area contributed by atoms with Gasteiger partial charge in [0.1, 0.15) is 5.75 Å². The molecule has 3 rings (SSSR count). The molecule has 0 aliphatic heterocycles. The van der Waals surface area contributed by atoms with Crippen LogP contribution in [0.15, 0.2) is 83.8 Å². The standard InChI is InChI=1S/C24H25NO4S/c1-18-8-14-23(15-9-18)30(27,28)25-17-21(19-6-4-3-5-7-19)16-24(26)20-10-12-22(29-2)13-11-20/h3-15,21,25H,16-17H2,1-2H3. The molecule has 0 radical (unpaired) electrons. The van der Waals surface area contributed by atoms with Gasteiger partial charge < -0.3 is 4.74 Å². The van der Waals surface area contributed by atoms with E-state index in [0.717, 1.165) is 11.1 Å². The SMILES string of the molecule is COc1ccc(C(=O)CC(CNS(=O)(=O)c2ccc(C)cc2)c2ccccc2)cc1. The van der Waals surface area contributed by atoms with Crippen LogP contribution in [0.4, 0.5) is 0 Å². The summed E-state index contributed by atoms with van der Waals surface area (Å²) < 4.78 is 33.2. The third-order valence-electron chi connectivity index (χ3n) is 4.97. The second-order valence-corrected chi connectivity index (χ2v) is 8.90. The Hall–Kier alpha value is -2.96. The number of carbonyl (C=O) groups is 1. The zero-order chi connectivity index (χ0) is 21.6. The van der Waals surface area contributed by atoms with Gasteiger partial charge in [-0.2, -0.15) is 0 Å². The number of aryl methyl sites for hydroxylation is 1. The van der Waals surface area contributed by atoms with E-state index in [1.807, 2.05) is 37.3 Å². The van der Waals surface area contributed by atoms with Gasteiger partial charge in [-0.05, 0) is 48.9 Å². The van der Waals surface area contributed by atoms with Gasteiger partial charge in [-0.3, -0.25) is 4.79 Å². The molecule has 30 heavy (non-hydrogen) atoms. The van der Waals surface area contributed by atoms with Crippen LogP contribution in [-0.4, -0.2) is 27.9 Å². The summed E-state index contributed by atoms with van der Waals surface area (Å²) in [6, 6.07) is 23.1. The number of hydrogen-bond acceptors (Lipinski definition) is 4. The molecule has 1 N–H and O–H groups in total. The number of hydrogen-bond donors (Lipinski definition) is 1. The van der Waals surface area contributed by atoms with E-state index in [1.165, 1.54) is 0 Å². The van der Waals surface area contributed by atoms with Crippen molar-refractivity contribution in [3.05, 3.63) is 95.6 Å². The molecule has 0 saturated heterocycles. The predicted molar refractivity (Wildman–Crippen MR) is 117 cm³/mol. The Bertz CT molecular complexity index is 1080. The van der Waals surface area contributed by atoms with Gasteiger partial charge in [-0.25, -0.2) is 13.1 Å². The normalized spacial score (nSPS) is 12.3. The number of carbonyl (C=O) groups excluding carboxylic acids is 1. The monoisotopic (exact) mass is 423 g/mol. The molecule has 3 aromatic rings. The van der Waals surface area contributed by atoms with E-state index in [2.05, 4.69) is 4.72 Å². The minimum absolute atomic E-state index is 0.0546. The first kappa shape index (κ1) is 21.7. The summed E-state index contributed by atoms with van der Waals surface area (Å²) >= 11 is 0. The van der Waals surface area contributed by atoms with Gasteiger partial charge in [-0.1, -0.05) is 48.0 Å². The number of benzene rings is 3. The Morgan fingerprint density at radius 2 is 1.57 bits per heavy atom. The lowest BCUT2D eigenvalue weighted by Crippen LogP contribution is -2.29. The van der Waals surface area contributed by atoms with Crippen molar-refractivity contribution in [3.63, 3.8) is 0 Å². The highest BCUT2D eigenvalue weighted by atomic mass is 32.2. The number of sulfonamides is 1. The van der Waals surface area contributed by atoms with Crippen LogP contribution in [-0.2, 0) is 10.0 Å². The number of Topliss-reactive ketones (excluding diaryl/α,β-unsaturated/α-hetero) is 1. The van der Waals surface area contributed by atoms with Crippen molar-refractivity contribution in [1.82, 2.24) is 4.72 Å². The molecule has 0 saturated carbocycles. The van der Waals surface area contributed by atoms with Crippen molar-refractivity contribution in [2.24, 2.45) is 0 Å². The predicted octanol–water partition coefficient (Wildman–Crippen LogP) is 4.34. The summed E-state index contributed by atoms with van der Waals surface area (Å²) in [5, 5.41) is 0. The Morgan fingerprint density at radius 3 is 2.17 bits per heavy atom. The number of methoxy groups -OCH3 is 1. The molecule has 0 aliphatic carbocycles. The second-order valence-electron chi connectivity index (χ2n) is 7.13. The Labute approximate surface area is 177 Å². The summed E-state index contributed by atoms with van der Waals surface area (Å²) in [6.07, 6.45) is 0.187.